The number of rotatable bonds is 2. The molecular formula is C9H9ClN2. The van der Waals surface area contributed by atoms with Crippen LogP contribution in [-0.4, -0.2) is 7.05 Å². The van der Waals surface area contributed by atoms with Crippen LogP contribution in [0.25, 0.3) is 0 Å². The van der Waals surface area contributed by atoms with Crippen molar-refractivity contribution in [2.24, 2.45) is 0 Å². The van der Waals surface area contributed by atoms with E-state index in [9.17, 15) is 0 Å². The fourth-order valence-corrected chi connectivity index (χ4v) is 1.19. The Bertz CT molecular complexity index is 304. The summed E-state index contributed by atoms with van der Waals surface area (Å²) in [4.78, 5) is 0. The van der Waals surface area contributed by atoms with Gasteiger partial charge in [0, 0.05) is 5.02 Å². The molecule has 0 heterocycles. The van der Waals surface area contributed by atoms with E-state index in [1.807, 2.05) is 12.1 Å². The van der Waals surface area contributed by atoms with Crippen molar-refractivity contribution < 1.29 is 0 Å². The van der Waals surface area contributed by atoms with Gasteiger partial charge in [-0.05, 0) is 24.7 Å². The zero-order valence-electron chi connectivity index (χ0n) is 6.71. The first-order chi connectivity index (χ1) is 5.77. The summed E-state index contributed by atoms with van der Waals surface area (Å²) in [5.41, 5.74) is 0.896. The average molecular weight is 181 g/mol. The number of nitriles is 1. The quantitative estimate of drug-likeness (QED) is 0.757. The van der Waals surface area contributed by atoms with Gasteiger partial charge in [-0.15, -0.1) is 0 Å². The number of nitrogens with one attached hydrogen (secondary N) is 1. The topological polar surface area (TPSA) is 35.8 Å². The Kier molecular flexibility index (Phi) is 3.09. The molecule has 0 saturated heterocycles. The van der Waals surface area contributed by atoms with E-state index in [1.54, 1.807) is 19.2 Å². The fourth-order valence-electron chi connectivity index (χ4n) is 0.992. The summed E-state index contributed by atoms with van der Waals surface area (Å²) in [6, 6.07) is 9.13. The molecule has 0 spiro atoms. The Labute approximate surface area is 76.8 Å². The highest BCUT2D eigenvalue weighted by atomic mass is 35.5. The van der Waals surface area contributed by atoms with Crippen LogP contribution in [0.3, 0.4) is 0 Å². The number of nitrogens with zero attached hydrogens (tertiary/aromatic N) is 1. The second kappa shape index (κ2) is 4.10. The van der Waals surface area contributed by atoms with Crippen molar-refractivity contribution in [2.75, 3.05) is 7.05 Å². The Morgan fingerprint density at radius 3 is 2.83 bits per heavy atom. The fraction of sp³-hybridized carbons (Fsp3) is 0.222. The Morgan fingerprint density at radius 1 is 1.58 bits per heavy atom. The van der Waals surface area contributed by atoms with Crippen LogP contribution in [-0.2, 0) is 0 Å². The van der Waals surface area contributed by atoms with Crippen molar-refractivity contribution in [3.05, 3.63) is 34.9 Å². The monoisotopic (exact) mass is 180 g/mol. The van der Waals surface area contributed by atoms with Crippen molar-refractivity contribution >= 4 is 11.6 Å². The molecule has 1 aromatic rings. The molecule has 12 heavy (non-hydrogen) atoms. The molecule has 1 rings (SSSR count). The number of hydrogen-bond donors (Lipinski definition) is 1. The number of benzene rings is 1. The van der Waals surface area contributed by atoms with Gasteiger partial charge in [0.2, 0.25) is 0 Å². The lowest BCUT2D eigenvalue weighted by molar-refractivity contribution is 0.727. The van der Waals surface area contributed by atoms with Crippen LogP contribution < -0.4 is 5.32 Å². The van der Waals surface area contributed by atoms with Crippen molar-refractivity contribution in [3.63, 3.8) is 0 Å². The van der Waals surface area contributed by atoms with Gasteiger partial charge >= 0.3 is 0 Å². The largest absolute Gasteiger partial charge is 0.301 e. The minimum Gasteiger partial charge on any atom is -0.301 e. The normalized spacial score (nSPS) is 12.1. The second-order valence-corrected chi connectivity index (χ2v) is 2.84. The van der Waals surface area contributed by atoms with Crippen LogP contribution >= 0.6 is 11.6 Å². The predicted octanol–water partition coefficient (Wildman–Crippen LogP) is 2.12. The molecule has 0 amide bonds. The maximum atomic E-state index is 8.71. The number of hydrogen-bond acceptors (Lipinski definition) is 2. The summed E-state index contributed by atoms with van der Waals surface area (Å²) in [6.45, 7) is 0. The van der Waals surface area contributed by atoms with E-state index in [1.165, 1.54) is 0 Å². The maximum Gasteiger partial charge on any atom is 0.121 e. The Balaban J connectivity index is 2.95. The minimum absolute atomic E-state index is 0.274. The van der Waals surface area contributed by atoms with Gasteiger partial charge in [-0.25, -0.2) is 0 Å². The molecule has 0 bridgehead atoms. The third-order valence-corrected chi connectivity index (χ3v) is 1.83. The van der Waals surface area contributed by atoms with Crippen LogP contribution in [0.4, 0.5) is 0 Å². The molecule has 3 heteroatoms. The Morgan fingerprint density at radius 2 is 2.33 bits per heavy atom. The van der Waals surface area contributed by atoms with Crippen LogP contribution in [0.5, 0.6) is 0 Å². The van der Waals surface area contributed by atoms with E-state index in [4.69, 9.17) is 16.9 Å². The van der Waals surface area contributed by atoms with E-state index in [0.29, 0.717) is 5.02 Å². The van der Waals surface area contributed by atoms with Gasteiger partial charge in [0.25, 0.3) is 0 Å². The molecule has 0 fully saturated rings. The van der Waals surface area contributed by atoms with Gasteiger partial charge in [0.15, 0.2) is 0 Å². The van der Waals surface area contributed by atoms with E-state index < -0.39 is 0 Å². The molecule has 0 unspecified atom stereocenters. The molecule has 62 valence electrons. The summed E-state index contributed by atoms with van der Waals surface area (Å²) in [5.74, 6) is 0. The van der Waals surface area contributed by atoms with Gasteiger partial charge in [-0.2, -0.15) is 5.26 Å². The molecule has 0 aliphatic rings. The molecule has 0 radical (unpaired) electrons. The van der Waals surface area contributed by atoms with Gasteiger partial charge in [0.05, 0.1) is 6.07 Å². The zero-order chi connectivity index (χ0) is 8.97. The highest BCUT2D eigenvalue weighted by Crippen LogP contribution is 2.16. The smallest absolute Gasteiger partial charge is 0.121 e. The van der Waals surface area contributed by atoms with Crippen molar-refractivity contribution in [3.8, 4) is 6.07 Å². The van der Waals surface area contributed by atoms with Crippen molar-refractivity contribution in [1.29, 1.82) is 5.26 Å². The van der Waals surface area contributed by atoms with Crippen LogP contribution in [0.1, 0.15) is 11.6 Å². The first-order valence-corrected chi connectivity index (χ1v) is 3.98. The van der Waals surface area contributed by atoms with Gasteiger partial charge < -0.3 is 5.32 Å². The summed E-state index contributed by atoms with van der Waals surface area (Å²) in [5, 5.41) is 12.2. The summed E-state index contributed by atoms with van der Waals surface area (Å²) in [7, 11) is 1.74. The van der Waals surface area contributed by atoms with Gasteiger partial charge in [-0.1, -0.05) is 23.7 Å². The molecular weight excluding hydrogens is 172 g/mol. The number of halogens is 1. The maximum absolute atomic E-state index is 8.71. The van der Waals surface area contributed by atoms with E-state index in [0.717, 1.165) is 5.56 Å². The first-order valence-electron chi connectivity index (χ1n) is 3.60. The molecule has 1 aromatic carbocycles. The Hall–Kier alpha value is -1.04. The standard InChI is InChI=1S/C9H9ClN2/c1-12-9(6-11)7-3-2-4-8(10)5-7/h2-5,9,12H,1H3/t9-/m0/s1. The highest BCUT2D eigenvalue weighted by Gasteiger charge is 2.06. The minimum atomic E-state index is -0.274. The summed E-state index contributed by atoms with van der Waals surface area (Å²) < 4.78 is 0. The molecule has 1 atom stereocenters. The van der Waals surface area contributed by atoms with Gasteiger partial charge in [-0.3, -0.25) is 0 Å². The predicted molar refractivity (Wildman–Crippen MR) is 48.9 cm³/mol. The SMILES string of the molecule is CN[C@@H](C#N)c1cccc(Cl)c1. The van der Waals surface area contributed by atoms with Crippen LogP contribution in [0.2, 0.25) is 5.02 Å². The van der Waals surface area contributed by atoms with Crippen LogP contribution in [0.15, 0.2) is 24.3 Å². The lowest BCUT2D eigenvalue weighted by Crippen LogP contribution is -2.13. The molecule has 1 N–H and O–H groups in total. The first kappa shape index (κ1) is 9.05. The summed E-state index contributed by atoms with van der Waals surface area (Å²) >= 11 is 5.77. The molecule has 0 saturated carbocycles. The van der Waals surface area contributed by atoms with E-state index in [-0.39, 0.29) is 6.04 Å². The zero-order valence-corrected chi connectivity index (χ0v) is 7.47. The van der Waals surface area contributed by atoms with E-state index in [2.05, 4.69) is 11.4 Å². The summed E-state index contributed by atoms with van der Waals surface area (Å²) in [6.07, 6.45) is 0. The second-order valence-electron chi connectivity index (χ2n) is 2.41. The lowest BCUT2D eigenvalue weighted by Gasteiger charge is -2.07. The molecule has 0 aliphatic carbocycles. The van der Waals surface area contributed by atoms with Gasteiger partial charge in [0.1, 0.15) is 6.04 Å². The lowest BCUT2D eigenvalue weighted by atomic mass is 10.1. The third kappa shape index (κ3) is 1.97. The molecule has 2 nitrogen and oxygen atoms in total. The average Bonchev–Trinajstić information content (AvgIpc) is 2.07. The van der Waals surface area contributed by atoms with Crippen LogP contribution in [0, 0.1) is 11.3 Å². The highest BCUT2D eigenvalue weighted by molar-refractivity contribution is 6.30. The van der Waals surface area contributed by atoms with Crippen molar-refractivity contribution in [1.82, 2.24) is 5.32 Å². The third-order valence-electron chi connectivity index (χ3n) is 1.60. The van der Waals surface area contributed by atoms with Crippen molar-refractivity contribution in [2.45, 2.75) is 6.04 Å². The molecule has 0 aromatic heterocycles. The molecule has 0 aliphatic heterocycles. The van der Waals surface area contributed by atoms with E-state index >= 15 is 0 Å².